The van der Waals surface area contributed by atoms with E-state index in [1.54, 1.807) is 0 Å². The van der Waals surface area contributed by atoms with Gasteiger partial charge in [-0.05, 0) is 28.7 Å². The monoisotopic (exact) mass is 415 g/mol. The summed E-state index contributed by atoms with van der Waals surface area (Å²) in [6, 6.07) is 10.9. The number of ether oxygens (including phenoxy) is 4. The van der Waals surface area contributed by atoms with Crippen molar-refractivity contribution in [2.45, 2.75) is 32.8 Å². The predicted octanol–water partition coefficient (Wildman–Crippen LogP) is 3.48. The minimum Gasteiger partial charge on any atom is -0.493 e. The van der Waals surface area contributed by atoms with Crippen molar-refractivity contribution >= 4 is 11.9 Å². The number of benzene rings is 2. The Labute approximate surface area is 177 Å². The van der Waals surface area contributed by atoms with Gasteiger partial charge in [-0.2, -0.15) is 0 Å². The first-order chi connectivity index (χ1) is 14.2. The van der Waals surface area contributed by atoms with E-state index in [9.17, 15) is 9.59 Å². The van der Waals surface area contributed by atoms with Crippen LogP contribution in [0.1, 0.15) is 42.3 Å². The van der Waals surface area contributed by atoms with E-state index in [2.05, 4.69) is 26.1 Å². The summed E-state index contributed by atoms with van der Waals surface area (Å²) >= 11 is 0. The van der Waals surface area contributed by atoms with Gasteiger partial charge in [-0.3, -0.25) is 9.59 Å². The molecule has 0 aromatic heterocycles. The number of carbonyl (C=O) groups is 2. The lowest BCUT2D eigenvalue weighted by Crippen LogP contribution is -2.30. The van der Waals surface area contributed by atoms with Crippen molar-refractivity contribution in [3.63, 3.8) is 0 Å². The van der Waals surface area contributed by atoms with Gasteiger partial charge in [0.25, 0.3) is 5.91 Å². The number of esters is 1. The smallest absolute Gasteiger partial charge is 0.325 e. The van der Waals surface area contributed by atoms with Crippen molar-refractivity contribution in [1.29, 1.82) is 0 Å². The Morgan fingerprint density at radius 1 is 0.900 bits per heavy atom. The van der Waals surface area contributed by atoms with E-state index in [1.807, 2.05) is 24.3 Å². The highest BCUT2D eigenvalue weighted by Crippen LogP contribution is 2.38. The van der Waals surface area contributed by atoms with Crippen LogP contribution in [0.2, 0.25) is 0 Å². The lowest BCUT2D eigenvalue weighted by Gasteiger charge is -2.19. The van der Waals surface area contributed by atoms with Crippen molar-refractivity contribution in [1.82, 2.24) is 5.32 Å². The van der Waals surface area contributed by atoms with E-state index in [-0.39, 0.29) is 24.1 Å². The van der Waals surface area contributed by atoms with Gasteiger partial charge in [0, 0.05) is 5.56 Å². The summed E-state index contributed by atoms with van der Waals surface area (Å²) in [6.07, 6.45) is 0. The summed E-state index contributed by atoms with van der Waals surface area (Å²) < 4.78 is 20.9. The highest BCUT2D eigenvalue weighted by molar-refractivity contribution is 5.97. The molecule has 2 aromatic rings. The zero-order valence-corrected chi connectivity index (χ0v) is 18.3. The van der Waals surface area contributed by atoms with Gasteiger partial charge in [0.05, 0.1) is 21.3 Å². The van der Waals surface area contributed by atoms with E-state index in [0.717, 1.165) is 5.56 Å². The van der Waals surface area contributed by atoms with Gasteiger partial charge in [-0.25, -0.2) is 0 Å². The van der Waals surface area contributed by atoms with Gasteiger partial charge in [0.2, 0.25) is 5.75 Å². The van der Waals surface area contributed by atoms with E-state index in [4.69, 9.17) is 18.9 Å². The van der Waals surface area contributed by atoms with Crippen LogP contribution in [0.15, 0.2) is 36.4 Å². The second-order valence-electron chi connectivity index (χ2n) is 7.70. The Morgan fingerprint density at radius 3 is 1.93 bits per heavy atom. The summed E-state index contributed by atoms with van der Waals surface area (Å²) in [5, 5.41) is 2.54. The predicted molar refractivity (Wildman–Crippen MR) is 113 cm³/mol. The molecule has 2 rings (SSSR count). The maximum atomic E-state index is 12.4. The fourth-order valence-electron chi connectivity index (χ4n) is 2.78. The molecule has 0 bridgehead atoms. The number of nitrogens with one attached hydrogen (secondary N) is 1. The molecular weight excluding hydrogens is 386 g/mol. The van der Waals surface area contributed by atoms with Crippen LogP contribution in [0.25, 0.3) is 0 Å². The SMILES string of the molecule is COc1cc(C(=O)NCC(=O)OCc2ccc(C(C)(C)C)cc2)cc(OC)c1OC. The normalized spacial score (nSPS) is 10.9. The molecule has 0 aliphatic carbocycles. The number of amides is 1. The first kappa shape index (κ1) is 23.1. The third kappa shape index (κ3) is 5.89. The molecule has 0 aliphatic rings. The Kier molecular flexibility index (Phi) is 7.69. The van der Waals surface area contributed by atoms with Crippen LogP contribution in [-0.2, 0) is 21.6 Å². The Bertz CT molecular complexity index is 859. The molecule has 0 aliphatic heterocycles. The summed E-state index contributed by atoms with van der Waals surface area (Å²) in [4.78, 5) is 24.4. The Balaban J connectivity index is 1.92. The summed E-state index contributed by atoms with van der Waals surface area (Å²) in [5.41, 5.74) is 2.42. The highest BCUT2D eigenvalue weighted by Gasteiger charge is 2.18. The molecule has 0 fully saturated rings. The molecule has 1 N–H and O–H groups in total. The van der Waals surface area contributed by atoms with E-state index < -0.39 is 11.9 Å². The molecule has 0 heterocycles. The van der Waals surface area contributed by atoms with Gasteiger partial charge in [-0.1, -0.05) is 45.0 Å². The van der Waals surface area contributed by atoms with Crippen molar-refractivity contribution < 1.29 is 28.5 Å². The van der Waals surface area contributed by atoms with Gasteiger partial charge in [0.15, 0.2) is 11.5 Å². The molecule has 0 saturated heterocycles. The third-order valence-corrected chi connectivity index (χ3v) is 4.54. The van der Waals surface area contributed by atoms with Crippen LogP contribution in [0, 0.1) is 0 Å². The Hall–Kier alpha value is -3.22. The minimum atomic E-state index is -0.532. The Morgan fingerprint density at radius 2 is 1.47 bits per heavy atom. The van der Waals surface area contributed by atoms with Crippen molar-refractivity contribution in [2.75, 3.05) is 27.9 Å². The van der Waals surface area contributed by atoms with Gasteiger partial charge in [-0.15, -0.1) is 0 Å². The lowest BCUT2D eigenvalue weighted by molar-refractivity contribution is -0.143. The zero-order chi connectivity index (χ0) is 22.3. The number of hydrogen-bond acceptors (Lipinski definition) is 6. The van der Waals surface area contributed by atoms with Crippen LogP contribution in [-0.4, -0.2) is 39.8 Å². The largest absolute Gasteiger partial charge is 0.493 e. The molecule has 0 radical (unpaired) electrons. The summed E-state index contributed by atoms with van der Waals surface area (Å²) in [6.45, 7) is 6.30. The average Bonchev–Trinajstić information content (AvgIpc) is 2.74. The van der Waals surface area contributed by atoms with E-state index in [0.29, 0.717) is 17.2 Å². The fraction of sp³-hybridized carbons (Fsp3) is 0.391. The molecular formula is C23H29NO6. The molecule has 1 amide bonds. The average molecular weight is 415 g/mol. The van der Waals surface area contributed by atoms with Gasteiger partial charge < -0.3 is 24.3 Å². The van der Waals surface area contributed by atoms with Gasteiger partial charge >= 0.3 is 5.97 Å². The molecule has 2 aromatic carbocycles. The van der Waals surface area contributed by atoms with Crippen molar-refractivity contribution in [3.05, 3.63) is 53.1 Å². The third-order valence-electron chi connectivity index (χ3n) is 4.54. The lowest BCUT2D eigenvalue weighted by atomic mass is 9.87. The van der Waals surface area contributed by atoms with Gasteiger partial charge in [0.1, 0.15) is 13.2 Å². The van der Waals surface area contributed by atoms with Crippen LogP contribution in [0.3, 0.4) is 0 Å². The molecule has 0 unspecified atom stereocenters. The van der Waals surface area contributed by atoms with Crippen LogP contribution < -0.4 is 19.5 Å². The molecule has 0 saturated carbocycles. The van der Waals surface area contributed by atoms with Crippen LogP contribution in [0.5, 0.6) is 17.2 Å². The van der Waals surface area contributed by atoms with Crippen LogP contribution in [0.4, 0.5) is 0 Å². The summed E-state index contributed by atoms with van der Waals surface area (Å²) in [5.74, 6) is 0.0939. The second-order valence-corrected chi connectivity index (χ2v) is 7.70. The second kappa shape index (κ2) is 10.0. The first-order valence-corrected chi connectivity index (χ1v) is 9.52. The molecule has 7 nitrogen and oxygen atoms in total. The van der Waals surface area contributed by atoms with E-state index >= 15 is 0 Å². The molecule has 0 atom stereocenters. The van der Waals surface area contributed by atoms with E-state index in [1.165, 1.54) is 39.0 Å². The quantitative estimate of drug-likeness (QED) is 0.665. The van der Waals surface area contributed by atoms with Crippen molar-refractivity contribution in [3.8, 4) is 17.2 Å². The van der Waals surface area contributed by atoms with Crippen molar-refractivity contribution in [2.24, 2.45) is 0 Å². The fourth-order valence-corrected chi connectivity index (χ4v) is 2.78. The number of carbonyl (C=O) groups excluding carboxylic acids is 2. The molecule has 162 valence electrons. The minimum absolute atomic E-state index is 0.0618. The summed E-state index contributed by atoms with van der Waals surface area (Å²) in [7, 11) is 4.40. The molecule has 0 spiro atoms. The number of rotatable bonds is 8. The van der Waals surface area contributed by atoms with Crippen LogP contribution >= 0.6 is 0 Å². The highest BCUT2D eigenvalue weighted by atomic mass is 16.5. The zero-order valence-electron chi connectivity index (χ0n) is 18.3. The first-order valence-electron chi connectivity index (χ1n) is 9.52. The maximum absolute atomic E-state index is 12.4. The number of methoxy groups -OCH3 is 3. The standard InChI is InChI=1S/C23H29NO6/c1-23(2,3)17-9-7-15(8-10-17)14-30-20(25)13-24-22(26)16-11-18(27-4)21(29-6)19(12-16)28-5/h7-12H,13-14H2,1-6H3,(H,24,26). The topological polar surface area (TPSA) is 83.1 Å². The molecule has 7 heteroatoms. The number of hydrogen-bond donors (Lipinski definition) is 1. The molecule has 30 heavy (non-hydrogen) atoms. The maximum Gasteiger partial charge on any atom is 0.325 e.